The summed E-state index contributed by atoms with van der Waals surface area (Å²) in [5.41, 5.74) is 1.90. The Morgan fingerprint density at radius 3 is 2.63 bits per heavy atom. The van der Waals surface area contributed by atoms with Gasteiger partial charge in [0.25, 0.3) is 5.91 Å². The number of hydrogen-bond acceptors (Lipinski definition) is 5. The van der Waals surface area contributed by atoms with Crippen molar-refractivity contribution in [2.24, 2.45) is 0 Å². The van der Waals surface area contributed by atoms with Crippen molar-refractivity contribution >= 4 is 27.9 Å². The molecule has 0 bridgehead atoms. The lowest BCUT2D eigenvalue weighted by Gasteiger charge is -2.14. The van der Waals surface area contributed by atoms with Crippen LogP contribution in [0.25, 0.3) is 6.08 Å². The van der Waals surface area contributed by atoms with E-state index in [-0.39, 0.29) is 18.2 Å². The monoisotopic (exact) mass is 467 g/mol. The van der Waals surface area contributed by atoms with Gasteiger partial charge in [0.05, 0.1) is 18.7 Å². The van der Waals surface area contributed by atoms with E-state index in [9.17, 15) is 15.3 Å². The van der Waals surface area contributed by atoms with E-state index in [0.717, 1.165) is 12.0 Å². The summed E-state index contributed by atoms with van der Waals surface area (Å²) >= 11 is 3.46. The number of carbonyl (C=O) groups is 1. The minimum absolute atomic E-state index is 0.00494. The summed E-state index contributed by atoms with van der Waals surface area (Å²) in [6, 6.07) is 14.6. The van der Waals surface area contributed by atoms with Crippen LogP contribution in [-0.4, -0.2) is 19.1 Å². The van der Waals surface area contributed by atoms with E-state index in [4.69, 9.17) is 9.47 Å². The lowest BCUT2D eigenvalue weighted by molar-refractivity contribution is -0.117. The van der Waals surface area contributed by atoms with E-state index in [1.165, 1.54) is 13.2 Å². The highest BCUT2D eigenvalue weighted by atomic mass is 79.9. The molecule has 0 unspecified atom stereocenters. The van der Waals surface area contributed by atoms with E-state index in [1.807, 2.05) is 32.0 Å². The Morgan fingerprint density at radius 1 is 1.27 bits per heavy atom. The highest BCUT2D eigenvalue weighted by molar-refractivity contribution is 9.10. The van der Waals surface area contributed by atoms with Gasteiger partial charge in [-0.1, -0.05) is 41.1 Å². The third kappa shape index (κ3) is 5.85. The first-order valence-electron chi connectivity index (χ1n) is 9.34. The number of nitriles is 2. The van der Waals surface area contributed by atoms with Gasteiger partial charge in [-0.2, -0.15) is 10.5 Å². The molecule has 0 aliphatic carbocycles. The number of amides is 1. The molecule has 0 heterocycles. The van der Waals surface area contributed by atoms with Crippen molar-refractivity contribution in [2.45, 2.75) is 32.9 Å². The normalized spacial score (nSPS) is 11.7. The Labute approximate surface area is 184 Å². The summed E-state index contributed by atoms with van der Waals surface area (Å²) in [5.74, 6) is 0.487. The molecule has 0 saturated heterocycles. The van der Waals surface area contributed by atoms with Crippen LogP contribution in [0.2, 0.25) is 0 Å². The van der Waals surface area contributed by atoms with E-state index < -0.39 is 5.91 Å². The molecule has 2 aromatic carbocycles. The smallest absolute Gasteiger partial charge is 0.262 e. The maximum absolute atomic E-state index is 12.3. The molecule has 0 aliphatic heterocycles. The van der Waals surface area contributed by atoms with Gasteiger partial charge >= 0.3 is 0 Å². The molecular weight excluding hydrogens is 446 g/mol. The molecule has 0 fully saturated rings. The minimum atomic E-state index is -0.425. The quantitative estimate of drug-likeness (QED) is 0.447. The van der Waals surface area contributed by atoms with Crippen LogP contribution >= 0.6 is 15.9 Å². The Kier molecular flexibility index (Phi) is 8.46. The first kappa shape index (κ1) is 23.0. The average Bonchev–Trinajstić information content (AvgIpc) is 2.76. The van der Waals surface area contributed by atoms with Gasteiger partial charge in [0, 0.05) is 16.1 Å². The third-order valence-electron chi connectivity index (χ3n) is 4.46. The summed E-state index contributed by atoms with van der Waals surface area (Å²) in [6.07, 6.45) is 2.27. The van der Waals surface area contributed by atoms with Crippen LogP contribution in [0, 0.1) is 22.7 Å². The van der Waals surface area contributed by atoms with Gasteiger partial charge in [-0.15, -0.1) is 0 Å². The fourth-order valence-corrected chi connectivity index (χ4v) is 2.99. The van der Waals surface area contributed by atoms with Crippen molar-refractivity contribution in [2.75, 3.05) is 7.11 Å². The van der Waals surface area contributed by atoms with Gasteiger partial charge in [0.1, 0.15) is 18.2 Å². The number of halogens is 1. The van der Waals surface area contributed by atoms with Crippen LogP contribution in [0.1, 0.15) is 37.0 Å². The fraction of sp³-hybridized carbons (Fsp3) is 0.261. The van der Waals surface area contributed by atoms with Crippen LogP contribution < -0.4 is 14.8 Å². The number of methoxy groups -OCH3 is 1. The molecule has 6 nitrogen and oxygen atoms in total. The maximum Gasteiger partial charge on any atom is 0.262 e. The zero-order valence-corrected chi connectivity index (χ0v) is 18.6. The Morgan fingerprint density at radius 2 is 2.00 bits per heavy atom. The molecule has 30 heavy (non-hydrogen) atoms. The summed E-state index contributed by atoms with van der Waals surface area (Å²) < 4.78 is 11.9. The van der Waals surface area contributed by atoms with Gasteiger partial charge < -0.3 is 14.8 Å². The van der Waals surface area contributed by atoms with Gasteiger partial charge in [-0.3, -0.25) is 4.79 Å². The lowest BCUT2D eigenvalue weighted by atomic mass is 10.1. The SMILES string of the molecule is CC[C@@H](C)NC(=O)/C(C#N)=C/c1cc(OC)c(OCc2ccccc2C#N)cc1Br. The van der Waals surface area contributed by atoms with Crippen molar-refractivity contribution < 1.29 is 14.3 Å². The zero-order valence-electron chi connectivity index (χ0n) is 17.0. The minimum Gasteiger partial charge on any atom is -0.493 e. The van der Waals surface area contributed by atoms with Crippen LogP contribution in [-0.2, 0) is 11.4 Å². The van der Waals surface area contributed by atoms with E-state index in [1.54, 1.807) is 24.3 Å². The lowest BCUT2D eigenvalue weighted by Crippen LogP contribution is -2.32. The molecule has 7 heteroatoms. The van der Waals surface area contributed by atoms with Gasteiger partial charge in [0.15, 0.2) is 11.5 Å². The largest absolute Gasteiger partial charge is 0.493 e. The molecule has 1 amide bonds. The van der Waals surface area contributed by atoms with Crippen molar-refractivity contribution in [3.63, 3.8) is 0 Å². The molecular formula is C23H22BrN3O3. The third-order valence-corrected chi connectivity index (χ3v) is 5.15. The van der Waals surface area contributed by atoms with Crippen LogP contribution in [0.4, 0.5) is 0 Å². The number of rotatable bonds is 8. The van der Waals surface area contributed by atoms with E-state index in [0.29, 0.717) is 27.1 Å². The molecule has 2 aromatic rings. The topological polar surface area (TPSA) is 95.1 Å². The Hall–Kier alpha value is -3.29. The fourth-order valence-electron chi connectivity index (χ4n) is 2.55. The first-order valence-corrected chi connectivity index (χ1v) is 10.1. The van der Waals surface area contributed by atoms with Crippen molar-refractivity contribution in [1.82, 2.24) is 5.32 Å². The van der Waals surface area contributed by atoms with Gasteiger partial charge in [-0.25, -0.2) is 0 Å². The van der Waals surface area contributed by atoms with Crippen molar-refractivity contribution in [1.29, 1.82) is 10.5 Å². The summed E-state index contributed by atoms with van der Waals surface area (Å²) in [7, 11) is 1.51. The second-order valence-corrected chi connectivity index (χ2v) is 7.39. The maximum atomic E-state index is 12.3. The highest BCUT2D eigenvalue weighted by Crippen LogP contribution is 2.35. The first-order chi connectivity index (χ1) is 14.4. The second kappa shape index (κ2) is 11.0. The second-order valence-electron chi connectivity index (χ2n) is 6.53. The molecule has 1 atom stereocenters. The molecule has 0 radical (unpaired) electrons. The number of benzene rings is 2. The standard InChI is InChI=1S/C23H22BrN3O3/c1-4-15(2)27-23(28)19(13-26)9-18-10-21(29-3)22(11-20(18)24)30-14-17-8-6-5-7-16(17)12-25/h5-11,15H,4,14H2,1-3H3,(H,27,28)/b19-9+/t15-/m1/s1. The predicted octanol–water partition coefficient (Wildman–Crippen LogP) is 4.73. The summed E-state index contributed by atoms with van der Waals surface area (Å²) in [5, 5.41) is 21.4. The highest BCUT2D eigenvalue weighted by Gasteiger charge is 2.15. The van der Waals surface area contributed by atoms with Crippen LogP contribution in [0.3, 0.4) is 0 Å². The van der Waals surface area contributed by atoms with Crippen LogP contribution in [0.5, 0.6) is 11.5 Å². The van der Waals surface area contributed by atoms with E-state index >= 15 is 0 Å². The Balaban J connectivity index is 2.30. The van der Waals surface area contributed by atoms with Crippen LogP contribution in [0.15, 0.2) is 46.4 Å². The number of ether oxygens (including phenoxy) is 2. The number of hydrogen-bond donors (Lipinski definition) is 1. The summed E-state index contributed by atoms with van der Waals surface area (Å²) in [6.45, 7) is 4.03. The molecule has 154 valence electrons. The average molecular weight is 468 g/mol. The van der Waals surface area contributed by atoms with E-state index in [2.05, 4.69) is 27.3 Å². The molecule has 0 saturated carbocycles. The number of nitrogens with one attached hydrogen (secondary N) is 1. The molecule has 0 aliphatic rings. The van der Waals surface area contributed by atoms with Gasteiger partial charge in [0.2, 0.25) is 0 Å². The molecule has 0 aromatic heterocycles. The zero-order chi connectivity index (χ0) is 22.1. The van der Waals surface area contributed by atoms with Gasteiger partial charge in [-0.05, 0) is 43.2 Å². The molecule has 0 spiro atoms. The van der Waals surface area contributed by atoms with Crippen molar-refractivity contribution in [3.8, 4) is 23.6 Å². The molecule has 1 N–H and O–H groups in total. The summed E-state index contributed by atoms with van der Waals surface area (Å²) in [4.78, 5) is 12.3. The number of nitrogens with zero attached hydrogens (tertiary/aromatic N) is 2. The number of carbonyl (C=O) groups excluding carboxylic acids is 1. The molecule has 2 rings (SSSR count). The predicted molar refractivity (Wildman–Crippen MR) is 118 cm³/mol. The van der Waals surface area contributed by atoms with Crippen molar-refractivity contribution in [3.05, 3.63) is 63.1 Å². The Bertz CT molecular complexity index is 1030.